The minimum absolute atomic E-state index is 0.00568. The molecule has 1 heterocycles. The fourth-order valence-corrected chi connectivity index (χ4v) is 2.76. The molecule has 2 amide bonds. The highest BCUT2D eigenvalue weighted by atomic mass is 16.5. The Bertz CT molecular complexity index is 756. The molecule has 0 fully saturated rings. The van der Waals surface area contributed by atoms with Crippen LogP contribution >= 0.6 is 0 Å². The minimum Gasteiger partial charge on any atom is -0.494 e. The smallest absolute Gasteiger partial charge is 0.253 e. The Labute approximate surface area is 147 Å². The Kier molecular flexibility index (Phi) is 5.33. The summed E-state index contributed by atoms with van der Waals surface area (Å²) < 4.78 is 5.67. The van der Waals surface area contributed by atoms with E-state index in [1.807, 2.05) is 30.3 Å². The van der Waals surface area contributed by atoms with Crippen molar-refractivity contribution in [1.29, 1.82) is 0 Å². The van der Waals surface area contributed by atoms with Crippen LogP contribution in [0.4, 0.5) is 5.69 Å². The van der Waals surface area contributed by atoms with E-state index in [1.54, 1.807) is 23.1 Å². The predicted octanol–water partition coefficient (Wildman–Crippen LogP) is 3.14. The summed E-state index contributed by atoms with van der Waals surface area (Å²) >= 11 is 0. The molecule has 1 aliphatic heterocycles. The number of ether oxygens (including phenoxy) is 1. The van der Waals surface area contributed by atoms with E-state index in [4.69, 9.17) is 4.74 Å². The van der Waals surface area contributed by atoms with Crippen LogP contribution in [-0.4, -0.2) is 25.0 Å². The van der Waals surface area contributed by atoms with Gasteiger partial charge in [-0.25, -0.2) is 0 Å². The number of benzene rings is 2. The van der Waals surface area contributed by atoms with Crippen LogP contribution in [-0.2, 0) is 11.3 Å². The van der Waals surface area contributed by atoms with Gasteiger partial charge in [-0.05, 0) is 36.2 Å². The molecule has 0 saturated heterocycles. The third kappa shape index (κ3) is 3.99. The molecule has 5 heteroatoms. The molecule has 0 aliphatic carbocycles. The first-order chi connectivity index (χ1) is 12.2. The molecule has 130 valence electrons. The zero-order valence-electron chi connectivity index (χ0n) is 14.3. The lowest BCUT2D eigenvalue weighted by molar-refractivity contribution is -0.117. The van der Waals surface area contributed by atoms with Crippen LogP contribution < -0.4 is 15.0 Å². The zero-order chi connectivity index (χ0) is 17.6. The van der Waals surface area contributed by atoms with Crippen LogP contribution in [0, 0.1) is 0 Å². The van der Waals surface area contributed by atoms with Gasteiger partial charge in [0.05, 0.1) is 30.9 Å². The number of carbonyl (C=O) groups excluding carboxylic acids is 2. The monoisotopic (exact) mass is 338 g/mol. The van der Waals surface area contributed by atoms with Crippen LogP contribution in [0.5, 0.6) is 5.75 Å². The average Bonchev–Trinajstić information content (AvgIpc) is 2.76. The number of rotatable bonds is 6. The van der Waals surface area contributed by atoms with E-state index < -0.39 is 0 Å². The maximum atomic E-state index is 12.5. The summed E-state index contributed by atoms with van der Waals surface area (Å²) in [7, 11) is 0. The Morgan fingerprint density at radius 1 is 1.08 bits per heavy atom. The van der Waals surface area contributed by atoms with E-state index in [0.29, 0.717) is 24.4 Å². The number of anilines is 1. The van der Waals surface area contributed by atoms with E-state index in [2.05, 4.69) is 12.2 Å². The Morgan fingerprint density at radius 3 is 2.60 bits per heavy atom. The second kappa shape index (κ2) is 7.83. The molecule has 0 unspecified atom stereocenters. The molecule has 1 aliphatic rings. The normalized spacial score (nSPS) is 13.9. The standard InChI is InChI=1S/C20H22N2O3/c1-2-3-12-25-16-10-8-15(9-11-16)14-22-18-7-5-4-6-17(18)20(24)21-13-19(22)23/h4-11H,2-3,12-14H2,1H3,(H,21,24). The van der Waals surface area contributed by atoms with E-state index >= 15 is 0 Å². The molecule has 0 bridgehead atoms. The molecule has 3 rings (SSSR count). The van der Waals surface area contributed by atoms with Crippen molar-refractivity contribution in [3.8, 4) is 5.75 Å². The van der Waals surface area contributed by atoms with Crippen LogP contribution in [0.2, 0.25) is 0 Å². The van der Waals surface area contributed by atoms with Gasteiger partial charge < -0.3 is 15.0 Å². The lowest BCUT2D eigenvalue weighted by Crippen LogP contribution is -2.36. The van der Waals surface area contributed by atoms with Crippen molar-refractivity contribution in [2.45, 2.75) is 26.3 Å². The first-order valence-electron chi connectivity index (χ1n) is 8.58. The molecule has 0 radical (unpaired) electrons. The van der Waals surface area contributed by atoms with E-state index in [-0.39, 0.29) is 18.4 Å². The van der Waals surface area contributed by atoms with Crippen LogP contribution in [0.1, 0.15) is 35.7 Å². The van der Waals surface area contributed by atoms with Gasteiger partial charge in [0.25, 0.3) is 5.91 Å². The molecule has 1 N–H and O–H groups in total. The maximum absolute atomic E-state index is 12.5. The van der Waals surface area contributed by atoms with Crippen LogP contribution in [0.15, 0.2) is 48.5 Å². The van der Waals surface area contributed by atoms with Crippen molar-refractivity contribution in [3.63, 3.8) is 0 Å². The van der Waals surface area contributed by atoms with Crippen molar-refractivity contribution >= 4 is 17.5 Å². The maximum Gasteiger partial charge on any atom is 0.253 e. The van der Waals surface area contributed by atoms with Crippen molar-refractivity contribution in [3.05, 3.63) is 59.7 Å². The van der Waals surface area contributed by atoms with Crippen molar-refractivity contribution in [2.24, 2.45) is 0 Å². The average molecular weight is 338 g/mol. The third-order valence-electron chi connectivity index (χ3n) is 4.17. The summed E-state index contributed by atoms with van der Waals surface area (Å²) in [6.07, 6.45) is 2.13. The van der Waals surface area contributed by atoms with Crippen molar-refractivity contribution in [1.82, 2.24) is 5.32 Å². The van der Waals surface area contributed by atoms with Gasteiger partial charge in [-0.2, -0.15) is 0 Å². The zero-order valence-corrected chi connectivity index (χ0v) is 14.3. The summed E-state index contributed by atoms with van der Waals surface area (Å²) in [6.45, 7) is 3.26. The summed E-state index contributed by atoms with van der Waals surface area (Å²) in [5, 5.41) is 2.65. The number of fused-ring (bicyclic) bond motifs is 1. The van der Waals surface area contributed by atoms with E-state index in [1.165, 1.54) is 0 Å². The summed E-state index contributed by atoms with van der Waals surface area (Å²) in [4.78, 5) is 26.2. The predicted molar refractivity (Wildman–Crippen MR) is 96.8 cm³/mol. The molecular weight excluding hydrogens is 316 g/mol. The Balaban J connectivity index is 1.78. The molecule has 5 nitrogen and oxygen atoms in total. The van der Waals surface area contributed by atoms with Gasteiger partial charge in [0, 0.05) is 0 Å². The van der Waals surface area contributed by atoms with Crippen molar-refractivity contribution < 1.29 is 14.3 Å². The number of nitrogens with one attached hydrogen (secondary N) is 1. The second-order valence-corrected chi connectivity index (χ2v) is 6.03. The second-order valence-electron chi connectivity index (χ2n) is 6.03. The fourth-order valence-electron chi connectivity index (χ4n) is 2.76. The highest BCUT2D eigenvalue weighted by molar-refractivity contribution is 6.09. The van der Waals surface area contributed by atoms with Gasteiger partial charge in [-0.15, -0.1) is 0 Å². The van der Waals surface area contributed by atoms with Crippen LogP contribution in [0.3, 0.4) is 0 Å². The Hall–Kier alpha value is -2.82. The largest absolute Gasteiger partial charge is 0.494 e. The number of para-hydroxylation sites is 1. The van der Waals surface area contributed by atoms with Crippen molar-refractivity contribution in [2.75, 3.05) is 18.1 Å². The number of hydrogen-bond acceptors (Lipinski definition) is 3. The highest BCUT2D eigenvalue weighted by Gasteiger charge is 2.25. The minimum atomic E-state index is -0.217. The SMILES string of the molecule is CCCCOc1ccc(CN2C(=O)CNC(=O)c3ccccc32)cc1. The van der Waals surface area contributed by atoms with Gasteiger partial charge in [0.1, 0.15) is 5.75 Å². The Morgan fingerprint density at radius 2 is 1.84 bits per heavy atom. The topological polar surface area (TPSA) is 58.6 Å². The lowest BCUT2D eigenvalue weighted by atomic mass is 10.1. The first kappa shape index (κ1) is 17.0. The van der Waals surface area contributed by atoms with Crippen LogP contribution in [0.25, 0.3) is 0 Å². The molecular formula is C20H22N2O3. The first-order valence-corrected chi connectivity index (χ1v) is 8.58. The highest BCUT2D eigenvalue weighted by Crippen LogP contribution is 2.25. The number of nitrogens with zero attached hydrogens (tertiary/aromatic N) is 1. The lowest BCUT2D eigenvalue weighted by Gasteiger charge is -2.22. The molecule has 2 aromatic carbocycles. The van der Waals surface area contributed by atoms with E-state index in [9.17, 15) is 9.59 Å². The van der Waals surface area contributed by atoms with Gasteiger partial charge in [-0.3, -0.25) is 9.59 Å². The number of unbranched alkanes of at least 4 members (excludes halogenated alkanes) is 1. The summed E-state index contributed by atoms with van der Waals surface area (Å²) in [6, 6.07) is 14.9. The third-order valence-corrected chi connectivity index (χ3v) is 4.17. The van der Waals surface area contributed by atoms with E-state index in [0.717, 1.165) is 24.2 Å². The van der Waals surface area contributed by atoms with Gasteiger partial charge in [0.2, 0.25) is 5.91 Å². The molecule has 0 aromatic heterocycles. The quantitative estimate of drug-likeness (QED) is 0.823. The van der Waals surface area contributed by atoms with Gasteiger partial charge in [-0.1, -0.05) is 37.6 Å². The fraction of sp³-hybridized carbons (Fsp3) is 0.300. The number of amides is 2. The summed E-state index contributed by atoms with van der Waals surface area (Å²) in [5.41, 5.74) is 2.15. The molecule has 25 heavy (non-hydrogen) atoms. The molecule has 0 atom stereocenters. The number of carbonyl (C=O) groups is 2. The molecule has 0 spiro atoms. The number of hydrogen-bond donors (Lipinski definition) is 1. The molecule has 0 saturated carbocycles. The van der Waals surface area contributed by atoms with Gasteiger partial charge in [0.15, 0.2) is 0 Å². The molecule has 2 aromatic rings. The summed E-state index contributed by atoms with van der Waals surface area (Å²) in [5.74, 6) is 0.490. The van der Waals surface area contributed by atoms with Gasteiger partial charge >= 0.3 is 0 Å².